The minimum absolute atomic E-state index is 0.166. The summed E-state index contributed by atoms with van der Waals surface area (Å²) in [6.07, 6.45) is 0. The molecule has 0 saturated carbocycles. The summed E-state index contributed by atoms with van der Waals surface area (Å²) in [5.41, 5.74) is 0.778. The number of rotatable bonds is 4. The van der Waals surface area contributed by atoms with E-state index in [1.807, 2.05) is 6.92 Å². The Morgan fingerprint density at radius 1 is 1.22 bits per heavy atom. The molecule has 0 aromatic heterocycles. The van der Waals surface area contributed by atoms with Gasteiger partial charge in [0.2, 0.25) is 5.78 Å². The lowest BCUT2D eigenvalue weighted by molar-refractivity contribution is -0.117. The molecule has 0 amide bonds. The summed E-state index contributed by atoms with van der Waals surface area (Å²) in [7, 11) is -1.71. The maximum Gasteiger partial charge on any atom is 0.231 e. The molecule has 3 nitrogen and oxygen atoms in total. The van der Waals surface area contributed by atoms with Crippen molar-refractivity contribution in [3.8, 4) is 0 Å². The number of hydrogen-bond donors (Lipinski definition) is 0. The predicted molar refractivity (Wildman–Crippen MR) is 78.5 cm³/mol. The van der Waals surface area contributed by atoms with Crippen molar-refractivity contribution >= 4 is 35.6 Å². The van der Waals surface area contributed by atoms with Crippen LogP contribution < -0.4 is 0 Å². The molecule has 0 atom stereocenters. The lowest BCUT2D eigenvalue weighted by atomic mass is 10.1. The molecule has 0 spiro atoms. The van der Waals surface area contributed by atoms with Gasteiger partial charge in [-0.2, -0.15) is 0 Å². The SMILES string of the molecule is CCOC1=C(C)C(=O)/C(=C(/CBr)[Si](C)(C)C)C1=O. The smallest absolute Gasteiger partial charge is 0.231 e. The van der Waals surface area contributed by atoms with Crippen molar-refractivity contribution in [3.63, 3.8) is 0 Å². The second-order valence-electron chi connectivity index (χ2n) is 5.28. The Kier molecular flexibility index (Phi) is 4.72. The van der Waals surface area contributed by atoms with Crippen LogP contribution in [0, 0.1) is 0 Å². The van der Waals surface area contributed by atoms with E-state index < -0.39 is 8.07 Å². The number of Topliss-reactive ketones (excluding diaryl/α,β-unsaturated/α-hetero) is 2. The lowest BCUT2D eigenvalue weighted by Gasteiger charge is -2.21. The van der Waals surface area contributed by atoms with Crippen molar-refractivity contribution in [1.29, 1.82) is 0 Å². The molecule has 0 fully saturated rings. The zero-order valence-electron chi connectivity index (χ0n) is 11.5. The molecular weight excluding hydrogens is 312 g/mol. The van der Waals surface area contributed by atoms with Crippen molar-refractivity contribution in [2.24, 2.45) is 0 Å². The monoisotopic (exact) mass is 330 g/mol. The Hall–Kier alpha value is -0.683. The maximum absolute atomic E-state index is 12.3. The van der Waals surface area contributed by atoms with E-state index in [-0.39, 0.29) is 17.3 Å². The van der Waals surface area contributed by atoms with Crippen LogP contribution in [0.2, 0.25) is 19.6 Å². The fraction of sp³-hybridized carbons (Fsp3) is 0.538. The first-order chi connectivity index (χ1) is 8.25. The molecule has 0 N–H and O–H groups in total. The Labute approximate surface area is 117 Å². The van der Waals surface area contributed by atoms with E-state index in [1.54, 1.807) is 6.92 Å². The van der Waals surface area contributed by atoms with E-state index in [9.17, 15) is 9.59 Å². The molecular formula is C13H19BrO3Si. The Morgan fingerprint density at radius 3 is 2.17 bits per heavy atom. The summed E-state index contributed by atoms with van der Waals surface area (Å²) >= 11 is 3.41. The normalized spacial score (nSPS) is 19.7. The van der Waals surface area contributed by atoms with Crippen molar-refractivity contribution in [2.75, 3.05) is 11.9 Å². The summed E-state index contributed by atoms with van der Waals surface area (Å²) in [6.45, 7) is 10.3. The summed E-state index contributed by atoms with van der Waals surface area (Å²) in [5.74, 6) is -0.175. The zero-order chi connectivity index (χ0) is 14.1. The molecule has 0 aromatic rings. The predicted octanol–water partition coefficient (Wildman–Crippen LogP) is 3.02. The highest BCUT2D eigenvalue weighted by molar-refractivity contribution is 9.09. The van der Waals surface area contributed by atoms with E-state index in [4.69, 9.17) is 4.74 Å². The highest BCUT2D eigenvalue weighted by atomic mass is 79.9. The van der Waals surface area contributed by atoms with Crippen LogP contribution in [-0.2, 0) is 14.3 Å². The fourth-order valence-electron chi connectivity index (χ4n) is 1.91. The molecule has 0 saturated heterocycles. The first kappa shape index (κ1) is 15.4. The Bertz CT molecular complexity index is 455. The van der Waals surface area contributed by atoms with Gasteiger partial charge in [-0.1, -0.05) is 40.8 Å². The average Bonchev–Trinajstić information content (AvgIpc) is 2.45. The molecule has 1 aliphatic carbocycles. The van der Waals surface area contributed by atoms with Crippen LogP contribution in [0.4, 0.5) is 0 Å². The Morgan fingerprint density at radius 2 is 1.78 bits per heavy atom. The topological polar surface area (TPSA) is 43.4 Å². The largest absolute Gasteiger partial charge is 0.489 e. The van der Waals surface area contributed by atoms with Gasteiger partial charge >= 0.3 is 0 Å². The second-order valence-corrected chi connectivity index (χ2v) is 10.9. The number of halogens is 1. The Balaban J connectivity index is 3.36. The van der Waals surface area contributed by atoms with Gasteiger partial charge in [0.25, 0.3) is 0 Å². The third-order valence-corrected chi connectivity index (χ3v) is 6.29. The minimum atomic E-state index is -1.71. The van der Waals surface area contributed by atoms with E-state index in [0.717, 1.165) is 5.20 Å². The summed E-state index contributed by atoms with van der Waals surface area (Å²) in [4.78, 5) is 24.5. The first-order valence-electron chi connectivity index (χ1n) is 5.98. The van der Waals surface area contributed by atoms with Crippen LogP contribution in [0.3, 0.4) is 0 Å². The van der Waals surface area contributed by atoms with E-state index >= 15 is 0 Å². The van der Waals surface area contributed by atoms with E-state index in [0.29, 0.717) is 23.1 Å². The third kappa shape index (κ3) is 2.67. The van der Waals surface area contributed by atoms with Crippen LogP contribution >= 0.6 is 15.9 Å². The zero-order valence-corrected chi connectivity index (χ0v) is 14.1. The van der Waals surface area contributed by atoms with E-state index in [2.05, 4.69) is 35.6 Å². The molecule has 0 bridgehead atoms. The molecule has 0 radical (unpaired) electrons. The highest BCUT2D eigenvalue weighted by Crippen LogP contribution is 2.31. The number of alkyl halides is 1. The number of carbonyl (C=O) groups is 2. The van der Waals surface area contributed by atoms with Crippen molar-refractivity contribution in [2.45, 2.75) is 33.5 Å². The highest BCUT2D eigenvalue weighted by Gasteiger charge is 2.39. The fourth-order valence-corrected chi connectivity index (χ4v) is 6.09. The first-order valence-corrected chi connectivity index (χ1v) is 10.6. The summed E-state index contributed by atoms with van der Waals surface area (Å²) in [6, 6.07) is 0. The van der Waals surface area contributed by atoms with Gasteiger partial charge in [-0.05, 0) is 13.8 Å². The molecule has 18 heavy (non-hydrogen) atoms. The van der Waals surface area contributed by atoms with Gasteiger partial charge in [0.05, 0.1) is 20.3 Å². The van der Waals surface area contributed by atoms with Gasteiger partial charge in [0, 0.05) is 10.9 Å². The number of carbonyl (C=O) groups excluding carboxylic acids is 2. The van der Waals surface area contributed by atoms with Crippen LogP contribution in [-0.4, -0.2) is 31.6 Å². The average molecular weight is 331 g/mol. The van der Waals surface area contributed by atoms with Crippen LogP contribution in [0.1, 0.15) is 13.8 Å². The maximum atomic E-state index is 12.3. The van der Waals surface area contributed by atoms with E-state index in [1.165, 1.54) is 0 Å². The van der Waals surface area contributed by atoms with Crippen molar-refractivity contribution < 1.29 is 14.3 Å². The molecule has 0 aromatic carbocycles. The summed E-state index contributed by atoms with van der Waals surface area (Å²) in [5, 5.41) is 1.54. The molecule has 0 aliphatic heterocycles. The van der Waals surface area contributed by atoms with Crippen LogP contribution in [0.25, 0.3) is 0 Å². The van der Waals surface area contributed by atoms with Gasteiger partial charge in [-0.15, -0.1) is 0 Å². The van der Waals surface area contributed by atoms with Crippen LogP contribution in [0.15, 0.2) is 22.1 Å². The molecule has 1 rings (SSSR count). The third-order valence-electron chi connectivity index (χ3n) is 2.97. The molecule has 5 heteroatoms. The van der Waals surface area contributed by atoms with Crippen molar-refractivity contribution in [1.82, 2.24) is 0 Å². The number of ketones is 2. The van der Waals surface area contributed by atoms with Gasteiger partial charge in [-0.3, -0.25) is 9.59 Å². The standard InChI is InChI=1S/C13H19BrO3Si/c1-6-17-13-8(2)11(15)10(12(13)16)9(7-14)18(3,4)5/h6-7H2,1-5H3/b10-9+. The molecule has 0 heterocycles. The summed E-state index contributed by atoms with van der Waals surface area (Å²) < 4.78 is 5.31. The number of allylic oxidation sites excluding steroid dienone is 3. The van der Waals surface area contributed by atoms with Crippen LogP contribution in [0.5, 0.6) is 0 Å². The molecule has 1 aliphatic rings. The minimum Gasteiger partial charge on any atom is -0.489 e. The van der Waals surface area contributed by atoms with Gasteiger partial charge in [-0.25, -0.2) is 0 Å². The van der Waals surface area contributed by atoms with Crippen molar-refractivity contribution in [3.05, 3.63) is 22.1 Å². The molecule has 100 valence electrons. The number of ether oxygens (including phenoxy) is 1. The van der Waals surface area contributed by atoms with Gasteiger partial charge in [0.15, 0.2) is 11.5 Å². The second kappa shape index (κ2) is 5.53. The molecule has 0 unspecified atom stereocenters. The van der Waals surface area contributed by atoms with Gasteiger partial charge in [0.1, 0.15) is 0 Å². The van der Waals surface area contributed by atoms with Gasteiger partial charge < -0.3 is 4.74 Å². The quantitative estimate of drug-likeness (QED) is 0.344. The number of hydrogen-bond acceptors (Lipinski definition) is 3. The lowest BCUT2D eigenvalue weighted by Crippen LogP contribution is -2.29.